The van der Waals surface area contributed by atoms with E-state index in [4.69, 9.17) is 4.74 Å². The van der Waals surface area contributed by atoms with Gasteiger partial charge in [-0.1, -0.05) is 0 Å². The molecule has 1 fully saturated rings. The minimum atomic E-state index is -0.714. The van der Waals surface area contributed by atoms with Crippen molar-refractivity contribution < 1.29 is 14.6 Å². The largest absolute Gasteiger partial charge is 0.444 e. The first-order valence-electron chi connectivity index (χ1n) is 7.02. The van der Waals surface area contributed by atoms with E-state index in [2.05, 4.69) is 5.32 Å². The van der Waals surface area contributed by atoms with E-state index in [-0.39, 0.29) is 12.1 Å². The van der Waals surface area contributed by atoms with E-state index in [9.17, 15) is 9.90 Å². The Morgan fingerprint density at radius 1 is 1.53 bits per heavy atom. The normalized spacial score (nSPS) is 25.8. The van der Waals surface area contributed by atoms with Crippen LogP contribution in [-0.2, 0) is 4.74 Å². The molecule has 2 unspecified atom stereocenters. The van der Waals surface area contributed by atoms with Crippen molar-refractivity contribution in [2.75, 3.05) is 20.1 Å². The van der Waals surface area contributed by atoms with Crippen LogP contribution < -0.4 is 5.32 Å². The first-order valence-corrected chi connectivity index (χ1v) is 7.02. The van der Waals surface area contributed by atoms with Gasteiger partial charge in [0, 0.05) is 19.6 Å². The van der Waals surface area contributed by atoms with E-state index in [1.807, 2.05) is 27.7 Å². The number of nitrogens with zero attached hydrogens (tertiary/aromatic N) is 1. The Labute approximate surface area is 116 Å². The van der Waals surface area contributed by atoms with E-state index < -0.39 is 11.2 Å². The molecule has 0 saturated carbocycles. The van der Waals surface area contributed by atoms with Crippen LogP contribution in [0.15, 0.2) is 0 Å². The fourth-order valence-corrected chi connectivity index (χ4v) is 2.33. The lowest BCUT2D eigenvalue weighted by molar-refractivity contribution is -0.0186. The first kappa shape index (κ1) is 16.2. The van der Waals surface area contributed by atoms with Crippen LogP contribution in [0.1, 0.15) is 47.0 Å². The topological polar surface area (TPSA) is 61.8 Å². The summed E-state index contributed by atoms with van der Waals surface area (Å²) in [7, 11) is 1.72. The number of rotatable bonds is 3. The Morgan fingerprint density at radius 3 is 2.63 bits per heavy atom. The third kappa shape index (κ3) is 5.37. The molecule has 5 heteroatoms. The number of carbonyl (C=O) groups excluding carboxylic acids is 1. The third-order valence-corrected chi connectivity index (χ3v) is 3.47. The lowest BCUT2D eigenvalue weighted by atomic mass is 9.87. The van der Waals surface area contributed by atoms with Crippen molar-refractivity contribution in [1.29, 1.82) is 0 Å². The van der Waals surface area contributed by atoms with Gasteiger partial charge in [0.15, 0.2) is 0 Å². The molecule has 0 aromatic rings. The SMILES string of the molecule is CC(CC1(O)CCCNC1)N(C)C(=O)OC(C)(C)C. The van der Waals surface area contributed by atoms with Crippen LogP contribution in [0.4, 0.5) is 4.79 Å². The second-order valence-electron chi connectivity index (χ2n) is 6.65. The molecule has 0 spiro atoms. The van der Waals surface area contributed by atoms with E-state index in [1.54, 1.807) is 11.9 Å². The van der Waals surface area contributed by atoms with Crippen LogP contribution in [-0.4, -0.2) is 53.5 Å². The summed E-state index contributed by atoms with van der Waals surface area (Å²) in [6, 6.07) is -0.0558. The molecule has 112 valence electrons. The summed E-state index contributed by atoms with van der Waals surface area (Å²) >= 11 is 0. The van der Waals surface area contributed by atoms with Gasteiger partial charge in [-0.2, -0.15) is 0 Å². The van der Waals surface area contributed by atoms with Gasteiger partial charge in [0.25, 0.3) is 0 Å². The molecule has 0 aliphatic carbocycles. The molecule has 1 aliphatic rings. The van der Waals surface area contributed by atoms with Crippen molar-refractivity contribution in [3.63, 3.8) is 0 Å². The molecule has 1 rings (SSSR count). The summed E-state index contributed by atoms with van der Waals surface area (Å²) in [5.41, 5.74) is -1.21. The monoisotopic (exact) mass is 272 g/mol. The van der Waals surface area contributed by atoms with Crippen LogP contribution in [0.2, 0.25) is 0 Å². The highest BCUT2D eigenvalue weighted by molar-refractivity contribution is 5.68. The Morgan fingerprint density at radius 2 is 2.16 bits per heavy atom. The summed E-state index contributed by atoms with van der Waals surface area (Å²) in [5, 5.41) is 13.7. The molecule has 2 atom stereocenters. The highest BCUT2D eigenvalue weighted by atomic mass is 16.6. The van der Waals surface area contributed by atoms with E-state index in [0.29, 0.717) is 13.0 Å². The van der Waals surface area contributed by atoms with Gasteiger partial charge in [-0.15, -0.1) is 0 Å². The molecule has 2 N–H and O–H groups in total. The fraction of sp³-hybridized carbons (Fsp3) is 0.929. The molecule has 0 aromatic heterocycles. The number of nitrogens with one attached hydrogen (secondary N) is 1. The van der Waals surface area contributed by atoms with Crippen molar-refractivity contribution >= 4 is 6.09 Å². The molecule has 0 aromatic carbocycles. The van der Waals surface area contributed by atoms with Gasteiger partial charge >= 0.3 is 6.09 Å². The van der Waals surface area contributed by atoms with E-state index in [0.717, 1.165) is 19.4 Å². The zero-order chi connectivity index (χ0) is 14.7. The standard InChI is InChI=1S/C14H28N2O3/c1-11(9-14(18)7-6-8-15-10-14)16(5)12(17)19-13(2,3)4/h11,15,18H,6-10H2,1-5H3. The molecular formula is C14H28N2O3. The highest BCUT2D eigenvalue weighted by Crippen LogP contribution is 2.24. The number of hydrogen-bond acceptors (Lipinski definition) is 4. The lowest BCUT2D eigenvalue weighted by Crippen LogP contribution is -2.50. The minimum absolute atomic E-state index is 0.0558. The first-order chi connectivity index (χ1) is 8.63. The number of hydrogen-bond donors (Lipinski definition) is 2. The Bertz CT molecular complexity index is 306. The van der Waals surface area contributed by atoms with Crippen LogP contribution in [0.3, 0.4) is 0 Å². The number of piperidine rings is 1. The number of ether oxygens (including phenoxy) is 1. The average Bonchev–Trinajstić information content (AvgIpc) is 2.25. The number of carbonyl (C=O) groups is 1. The zero-order valence-corrected chi connectivity index (χ0v) is 12.8. The number of amides is 1. The summed E-state index contributed by atoms with van der Waals surface area (Å²) in [5.74, 6) is 0. The van der Waals surface area contributed by atoms with Crippen molar-refractivity contribution in [3.8, 4) is 0 Å². The lowest BCUT2D eigenvalue weighted by Gasteiger charge is -2.37. The molecule has 5 nitrogen and oxygen atoms in total. The second-order valence-corrected chi connectivity index (χ2v) is 6.65. The van der Waals surface area contributed by atoms with Gasteiger partial charge in [-0.3, -0.25) is 0 Å². The molecule has 1 heterocycles. The van der Waals surface area contributed by atoms with Crippen molar-refractivity contribution in [2.24, 2.45) is 0 Å². The van der Waals surface area contributed by atoms with Crippen molar-refractivity contribution in [1.82, 2.24) is 10.2 Å². The molecular weight excluding hydrogens is 244 g/mol. The smallest absolute Gasteiger partial charge is 0.410 e. The maximum absolute atomic E-state index is 12.0. The maximum atomic E-state index is 12.0. The highest BCUT2D eigenvalue weighted by Gasteiger charge is 2.33. The summed E-state index contributed by atoms with van der Waals surface area (Å²) in [6.07, 6.45) is 1.98. The molecule has 1 saturated heterocycles. The third-order valence-electron chi connectivity index (χ3n) is 3.47. The molecule has 19 heavy (non-hydrogen) atoms. The molecule has 1 amide bonds. The Balaban J connectivity index is 2.52. The maximum Gasteiger partial charge on any atom is 0.410 e. The van der Waals surface area contributed by atoms with Crippen molar-refractivity contribution in [2.45, 2.75) is 64.2 Å². The molecule has 0 radical (unpaired) electrons. The Hall–Kier alpha value is -0.810. The van der Waals surface area contributed by atoms with Gasteiger partial charge in [0.2, 0.25) is 0 Å². The number of β-amino-alcohol motifs (C(OH)–C–C–N with tert-alkyl or cyclic N) is 1. The van der Waals surface area contributed by atoms with Gasteiger partial charge < -0.3 is 20.1 Å². The predicted octanol–water partition coefficient (Wildman–Crippen LogP) is 1.75. The number of aliphatic hydroxyl groups is 1. The quantitative estimate of drug-likeness (QED) is 0.821. The summed E-state index contributed by atoms with van der Waals surface area (Å²) in [4.78, 5) is 13.5. The van der Waals surface area contributed by atoms with Gasteiger partial charge in [-0.25, -0.2) is 4.79 Å². The van der Waals surface area contributed by atoms with Crippen LogP contribution >= 0.6 is 0 Å². The Kier molecular flexibility index (Phi) is 5.21. The summed E-state index contributed by atoms with van der Waals surface area (Å²) in [6.45, 7) is 9.04. The molecule has 0 bridgehead atoms. The van der Waals surface area contributed by atoms with Crippen LogP contribution in [0, 0.1) is 0 Å². The van der Waals surface area contributed by atoms with Gasteiger partial charge in [0.1, 0.15) is 5.60 Å². The predicted molar refractivity (Wildman–Crippen MR) is 75.1 cm³/mol. The van der Waals surface area contributed by atoms with E-state index in [1.165, 1.54) is 0 Å². The second kappa shape index (κ2) is 6.09. The van der Waals surface area contributed by atoms with Gasteiger partial charge in [-0.05, 0) is 53.5 Å². The average molecular weight is 272 g/mol. The van der Waals surface area contributed by atoms with Crippen molar-refractivity contribution in [3.05, 3.63) is 0 Å². The fourth-order valence-electron chi connectivity index (χ4n) is 2.33. The zero-order valence-electron chi connectivity index (χ0n) is 12.8. The van der Waals surface area contributed by atoms with Gasteiger partial charge in [0.05, 0.1) is 5.60 Å². The van der Waals surface area contributed by atoms with E-state index >= 15 is 0 Å². The van der Waals surface area contributed by atoms with Crippen LogP contribution in [0.5, 0.6) is 0 Å². The van der Waals surface area contributed by atoms with Crippen LogP contribution in [0.25, 0.3) is 0 Å². The molecule has 1 aliphatic heterocycles. The summed E-state index contributed by atoms with van der Waals surface area (Å²) < 4.78 is 5.33. The minimum Gasteiger partial charge on any atom is -0.444 e.